The first-order valence-electron chi connectivity index (χ1n) is 9.49. The van der Waals surface area contributed by atoms with E-state index in [1.807, 2.05) is 58.9 Å². The van der Waals surface area contributed by atoms with Crippen molar-refractivity contribution in [3.8, 4) is 0 Å². The van der Waals surface area contributed by atoms with Crippen LogP contribution in [0.25, 0.3) is 16.3 Å². The van der Waals surface area contributed by atoms with Gasteiger partial charge in [-0.1, -0.05) is 26.0 Å². The number of nitrogens with one attached hydrogen (secondary N) is 2. The van der Waals surface area contributed by atoms with Crippen LogP contribution in [0.5, 0.6) is 0 Å². The summed E-state index contributed by atoms with van der Waals surface area (Å²) in [4.78, 5) is 28.9. The molecule has 1 aromatic heterocycles. The largest absolute Gasteiger partial charge is 0.444 e. The van der Waals surface area contributed by atoms with Crippen molar-refractivity contribution >= 4 is 39.6 Å². The predicted molar refractivity (Wildman–Crippen MR) is 114 cm³/mol. The molecule has 2 aromatic rings. The normalized spacial score (nSPS) is 12.3. The van der Waals surface area contributed by atoms with Crippen LogP contribution < -0.4 is 10.6 Å². The zero-order valence-electron chi connectivity index (χ0n) is 17.2. The third kappa shape index (κ3) is 6.34. The molecule has 0 atom stereocenters. The lowest BCUT2D eigenvalue weighted by atomic mass is 9.92. The van der Waals surface area contributed by atoms with E-state index in [-0.39, 0.29) is 5.91 Å². The number of hydrogen-bond acceptors (Lipinski definition) is 5. The summed E-state index contributed by atoms with van der Waals surface area (Å²) >= 11 is 1.54. The van der Waals surface area contributed by atoms with Crippen LogP contribution in [0.1, 0.15) is 52.5 Å². The summed E-state index contributed by atoms with van der Waals surface area (Å²) in [6, 6.07) is 7.86. The van der Waals surface area contributed by atoms with E-state index in [0.29, 0.717) is 19.4 Å². The minimum atomic E-state index is -0.561. The molecule has 28 heavy (non-hydrogen) atoms. The molecule has 0 aliphatic rings. The summed E-state index contributed by atoms with van der Waals surface area (Å²) in [6.45, 7) is 9.71. The standard InChI is InChI=1S/C21H29N3O3S/c1-6-21(7-2,14-22-19(26)27-20(3,4)5)24-17(25)12-13-18-23-15-10-8-9-11-16(15)28-18/h8-13H,6-7,14H2,1-5H3,(H,22,26)(H,24,25). The molecule has 1 heterocycles. The highest BCUT2D eigenvalue weighted by Gasteiger charge is 2.29. The van der Waals surface area contributed by atoms with Gasteiger partial charge in [-0.25, -0.2) is 9.78 Å². The van der Waals surface area contributed by atoms with Crippen molar-refractivity contribution in [1.29, 1.82) is 0 Å². The Bertz CT molecular complexity index is 815. The zero-order chi connectivity index (χ0) is 20.8. The number of benzene rings is 1. The molecular weight excluding hydrogens is 374 g/mol. The maximum absolute atomic E-state index is 12.5. The second-order valence-electron chi connectivity index (χ2n) is 7.69. The SMILES string of the molecule is CCC(CC)(CNC(=O)OC(C)(C)C)NC(=O)C=Cc1nc2ccccc2s1. The molecule has 6 nitrogen and oxygen atoms in total. The monoisotopic (exact) mass is 403 g/mol. The van der Waals surface area contributed by atoms with E-state index in [1.165, 1.54) is 17.4 Å². The molecular formula is C21H29N3O3S. The average molecular weight is 404 g/mol. The van der Waals surface area contributed by atoms with Gasteiger partial charge in [0.2, 0.25) is 5.91 Å². The summed E-state index contributed by atoms with van der Waals surface area (Å²) in [7, 11) is 0. The lowest BCUT2D eigenvalue weighted by Crippen LogP contribution is -2.55. The average Bonchev–Trinajstić information content (AvgIpc) is 3.05. The van der Waals surface area contributed by atoms with E-state index in [9.17, 15) is 9.59 Å². The van der Waals surface area contributed by atoms with Gasteiger partial charge in [-0.3, -0.25) is 4.79 Å². The molecule has 0 aliphatic heterocycles. The third-order valence-corrected chi connectivity index (χ3v) is 5.40. The Morgan fingerprint density at radius 3 is 2.46 bits per heavy atom. The van der Waals surface area contributed by atoms with Crippen LogP contribution in [0.4, 0.5) is 4.79 Å². The molecule has 1 aromatic carbocycles. The van der Waals surface area contributed by atoms with Gasteiger partial charge in [-0.05, 0) is 51.8 Å². The van der Waals surface area contributed by atoms with Gasteiger partial charge in [0.25, 0.3) is 0 Å². The quantitative estimate of drug-likeness (QED) is 0.667. The van der Waals surface area contributed by atoms with Crippen molar-refractivity contribution in [3.05, 3.63) is 35.3 Å². The number of fused-ring (bicyclic) bond motifs is 1. The van der Waals surface area contributed by atoms with Crippen LogP contribution in [0.15, 0.2) is 30.3 Å². The van der Waals surface area contributed by atoms with Gasteiger partial charge in [0.1, 0.15) is 10.6 Å². The fourth-order valence-corrected chi connectivity index (χ4v) is 3.56. The molecule has 0 spiro atoms. The van der Waals surface area contributed by atoms with Gasteiger partial charge in [-0.15, -0.1) is 11.3 Å². The number of alkyl carbamates (subject to hydrolysis) is 1. The number of para-hydroxylation sites is 1. The lowest BCUT2D eigenvalue weighted by Gasteiger charge is -2.33. The fourth-order valence-electron chi connectivity index (χ4n) is 2.69. The first kappa shape index (κ1) is 21.9. The van der Waals surface area contributed by atoms with Gasteiger partial charge in [-0.2, -0.15) is 0 Å². The molecule has 0 saturated carbocycles. The van der Waals surface area contributed by atoms with E-state index in [1.54, 1.807) is 6.08 Å². The zero-order valence-corrected chi connectivity index (χ0v) is 18.0. The molecule has 2 amide bonds. The van der Waals surface area contributed by atoms with Gasteiger partial charge >= 0.3 is 6.09 Å². The van der Waals surface area contributed by atoms with Crippen molar-refractivity contribution in [1.82, 2.24) is 15.6 Å². The van der Waals surface area contributed by atoms with Crippen LogP contribution in [0.2, 0.25) is 0 Å². The number of hydrogen-bond donors (Lipinski definition) is 2. The van der Waals surface area contributed by atoms with Crippen LogP contribution in [0.3, 0.4) is 0 Å². The second-order valence-corrected chi connectivity index (χ2v) is 8.75. The number of aromatic nitrogens is 1. The number of carbonyl (C=O) groups excluding carboxylic acids is 2. The van der Waals surface area contributed by atoms with Gasteiger partial charge < -0.3 is 15.4 Å². The molecule has 0 saturated heterocycles. The third-order valence-electron chi connectivity index (χ3n) is 4.40. The minimum Gasteiger partial charge on any atom is -0.444 e. The van der Waals surface area contributed by atoms with Crippen molar-refractivity contribution in [2.45, 2.75) is 58.6 Å². The Balaban J connectivity index is 1.99. The van der Waals surface area contributed by atoms with Gasteiger partial charge in [0.15, 0.2) is 0 Å². The van der Waals surface area contributed by atoms with Crippen LogP contribution in [-0.4, -0.2) is 34.7 Å². The Kier molecular flexibility index (Phi) is 7.18. The van der Waals surface area contributed by atoms with Gasteiger partial charge in [0.05, 0.1) is 15.8 Å². The van der Waals surface area contributed by atoms with Crippen molar-refractivity contribution in [2.24, 2.45) is 0 Å². The summed E-state index contributed by atoms with van der Waals surface area (Å²) in [5.41, 5.74) is -0.175. The number of thiazole rings is 1. The van der Waals surface area contributed by atoms with E-state index < -0.39 is 17.2 Å². The van der Waals surface area contributed by atoms with Gasteiger partial charge in [0, 0.05) is 12.6 Å². The van der Waals surface area contributed by atoms with E-state index in [2.05, 4.69) is 15.6 Å². The van der Waals surface area contributed by atoms with Crippen LogP contribution in [-0.2, 0) is 9.53 Å². The Morgan fingerprint density at radius 2 is 1.86 bits per heavy atom. The Morgan fingerprint density at radius 1 is 1.18 bits per heavy atom. The summed E-state index contributed by atoms with van der Waals surface area (Å²) in [5.74, 6) is -0.214. The first-order valence-corrected chi connectivity index (χ1v) is 10.3. The molecule has 7 heteroatoms. The molecule has 2 rings (SSSR count). The maximum Gasteiger partial charge on any atom is 0.407 e. The van der Waals surface area contributed by atoms with Crippen LogP contribution >= 0.6 is 11.3 Å². The molecule has 0 bridgehead atoms. The highest BCUT2D eigenvalue weighted by atomic mass is 32.1. The molecule has 0 fully saturated rings. The summed E-state index contributed by atoms with van der Waals surface area (Å²) in [5, 5.41) is 6.58. The van der Waals surface area contributed by atoms with Crippen molar-refractivity contribution in [3.63, 3.8) is 0 Å². The number of carbonyl (C=O) groups is 2. The summed E-state index contributed by atoms with van der Waals surface area (Å²) < 4.78 is 6.36. The second kappa shape index (κ2) is 9.19. The molecule has 0 radical (unpaired) electrons. The van der Waals surface area contributed by atoms with Crippen LogP contribution in [0, 0.1) is 0 Å². The summed E-state index contributed by atoms with van der Waals surface area (Å²) in [6.07, 6.45) is 4.08. The highest BCUT2D eigenvalue weighted by molar-refractivity contribution is 7.19. The number of nitrogens with zero attached hydrogens (tertiary/aromatic N) is 1. The predicted octanol–water partition coefficient (Wildman–Crippen LogP) is 4.51. The molecule has 0 unspecified atom stereocenters. The number of rotatable bonds is 7. The molecule has 2 N–H and O–H groups in total. The smallest absolute Gasteiger partial charge is 0.407 e. The number of ether oxygens (including phenoxy) is 1. The maximum atomic E-state index is 12.5. The molecule has 0 aliphatic carbocycles. The van der Waals surface area contributed by atoms with Crippen molar-refractivity contribution in [2.75, 3.05) is 6.54 Å². The van der Waals surface area contributed by atoms with E-state index in [0.717, 1.165) is 15.2 Å². The van der Waals surface area contributed by atoms with E-state index in [4.69, 9.17) is 4.74 Å². The Hall–Kier alpha value is -2.41. The topological polar surface area (TPSA) is 80.3 Å². The lowest BCUT2D eigenvalue weighted by molar-refractivity contribution is -0.118. The van der Waals surface area contributed by atoms with E-state index >= 15 is 0 Å². The van der Waals surface area contributed by atoms with Crippen molar-refractivity contribution < 1.29 is 14.3 Å². The highest BCUT2D eigenvalue weighted by Crippen LogP contribution is 2.22. The Labute approximate surface area is 170 Å². The molecule has 152 valence electrons. The minimum absolute atomic E-state index is 0.214. The first-order chi connectivity index (χ1) is 13.2. The fraction of sp³-hybridized carbons (Fsp3) is 0.476. The number of amides is 2.